The number of ether oxygens (including phenoxy) is 2. The average molecular weight is 392 g/mol. The Labute approximate surface area is 165 Å². The molecule has 0 aliphatic carbocycles. The lowest BCUT2D eigenvalue weighted by Gasteiger charge is -2.33. The Morgan fingerprint density at radius 3 is 2.25 bits per heavy atom. The van der Waals surface area contributed by atoms with E-state index in [-0.39, 0.29) is 6.42 Å². The quantitative estimate of drug-likeness (QED) is 0.772. The van der Waals surface area contributed by atoms with E-state index in [1.807, 2.05) is 13.0 Å². The van der Waals surface area contributed by atoms with Crippen LogP contribution in [0.2, 0.25) is 0 Å². The molecular formula is C20H28N2O6. The minimum atomic E-state index is -1.01. The molecule has 0 fully saturated rings. The highest BCUT2D eigenvalue weighted by atomic mass is 16.8. The first-order chi connectivity index (χ1) is 12.7. The number of amides is 2. The molecule has 0 bridgehead atoms. The highest BCUT2D eigenvalue weighted by Gasteiger charge is 2.38. The molecule has 154 valence electrons. The van der Waals surface area contributed by atoms with Gasteiger partial charge < -0.3 is 14.8 Å². The first-order valence-electron chi connectivity index (χ1n) is 9.09. The van der Waals surface area contributed by atoms with Crippen LogP contribution in [0.25, 0.3) is 0 Å². The van der Waals surface area contributed by atoms with Crippen LogP contribution in [0.1, 0.15) is 52.7 Å². The minimum Gasteiger partial charge on any atom is -0.444 e. The molecule has 1 unspecified atom stereocenters. The Morgan fingerprint density at radius 2 is 1.68 bits per heavy atom. The Bertz CT molecular complexity index is 776. The molecule has 2 amide bonds. The number of benzene rings is 1. The van der Waals surface area contributed by atoms with Crippen molar-refractivity contribution in [3.63, 3.8) is 0 Å². The normalized spacial score (nSPS) is 16.9. The van der Waals surface area contributed by atoms with E-state index >= 15 is 0 Å². The second-order valence-corrected chi connectivity index (χ2v) is 8.72. The lowest BCUT2D eigenvalue weighted by Crippen LogP contribution is -2.54. The third-order valence-corrected chi connectivity index (χ3v) is 3.62. The number of hydrogen-bond donors (Lipinski definition) is 1. The molecule has 0 aromatic heterocycles. The van der Waals surface area contributed by atoms with Crippen molar-refractivity contribution in [1.29, 1.82) is 0 Å². The van der Waals surface area contributed by atoms with E-state index in [9.17, 15) is 14.4 Å². The molecule has 2 rings (SSSR count). The van der Waals surface area contributed by atoms with Crippen LogP contribution in [-0.2, 0) is 25.5 Å². The third kappa shape index (κ3) is 5.87. The predicted octanol–water partition coefficient (Wildman–Crippen LogP) is 3.64. The SMILES string of the molecule is Cc1ccc2c(c1)CC(NC(=O)OC(C)(C)C)C(=O)N2OC(=O)OC(C)(C)C. The van der Waals surface area contributed by atoms with E-state index in [0.29, 0.717) is 5.69 Å². The lowest BCUT2D eigenvalue weighted by molar-refractivity contribution is -0.128. The van der Waals surface area contributed by atoms with Crippen LogP contribution in [0.15, 0.2) is 18.2 Å². The van der Waals surface area contributed by atoms with Crippen LogP contribution in [-0.4, -0.2) is 35.4 Å². The van der Waals surface area contributed by atoms with Crippen molar-refractivity contribution in [2.75, 3.05) is 5.06 Å². The van der Waals surface area contributed by atoms with Gasteiger partial charge >= 0.3 is 12.2 Å². The first kappa shape index (κ1) is 21.5. The maximum absolute atomic E-state index is 12.9. The molecule has 1 N–H and O–H groups in total. The summed E-state index contributed by atoms with van der Waals surface area (Å²) in [6.07, 6.45) is -1.48. The van der Waals surface area contributed by atoms with E-state index in [1.54, 1.807) is 53.7 Å². The zero-order valence-corrected chi connectivity index (χ0v) is 17.4. The second-order valence-electron chi connectivity index (χ2n) is 8.72. The molecule has 1 aliphatic rings. The fraction of sp³-hybridized carbons (Fsp3) is 0.550. The zero-order valence-electron chi connectivity index (χ0n) is 17.4. The van der Waals surface area contributed by atoms with Crippen LogP contribution in [0.3, 0.4) is 0 Å². The van der Waals surface area contributed by atoms with Crippen LogP contribution < -0.4 is 10.4 Å². The standard InChI is InChI=1S/C20H28N2O6/c1-12-8-9-15-13(10-12)11-14(21-17(24)26-19(2,3)4)16(23)22(15)28-18(25)27-20(5,6)7/h8-10,14H,11H2,1-7H3,(H,21,24). The summed E-state index contributed by atoms with van der Waals surface area (Å²) < 4.78 is 10.4. The first-order valence-corrected chi connectivity index (χ1v) is 9.09. The van der Waals surface area contributed by atoms with Gasteiger partial charge in [-0.05, 0) is 60.1 Å². The fourth-order valence-corrected chi connectivity index (χ4v) is 2.64. The van der Waals surface area contributed by atoms with Gasteiger partial charge in [0.25, 0.3) is 5.91 Å². The Morgan fingerprint density at radius 1 is 1.07 bits per heavy atom. The number of carbonyl (C=O) groups excluding carboxylic acids is 3. The molecule has 0 radical (unpaired) electrons. The van der Waals surface area contributed by atoms with Gasteiger partial charge in [0.1, 0.15) is 17.2 Å². The van der Waals surface area contributed by atoms with E-state index in [0.717, 1.165) is 16.2 Å². The van der Waals surface area contributed by atoms with Crippen molar-refractivity contribution >= 4 is 23.8 Å². The number of aryl methyl sites for hydroxylation is 1. The molecule has 1 aliphatic heterocycles. The summed E-state index contributed by atoms with van der Waals surface area (Å²) >= 11 is 0. The van der Waals surface area contributed by atoms with E-state index in [1.165, 1.54) is 0 Å². The average Bonchev–Trinajstić information content (AvgIpc) is 2.47. The minimum absolute atomic E-state index is 0.253. The maximum Gasteiger partial charge on any atom is 0.534 e. The number of alkyl carbamates (subject to hydrolysis) is 1. The molecule has 0 spiro atoms. The molecule has 1 atom stereocenters. The number of carbonyl (C=O) groups is 3. The third-order valence-electron chi connectivity index (χ3n) is 3.62. The topological polar surface area (TPSA) is 94.2 Å². The monoisotopic (exact) mass is 392 g/mol. The number of nitrogens with one attached hydrogen (secondary N) is 1. The summed E-state index contributed by atoms with van der Waals surface area (Å²) in [5, 5.41) is 3.42. The highest BCUT2D eigenvalue weighted by Crippen LogP contribution is 2.30. The smallest absolute Gasteiger partial charge is 0.444 e. The van der Waals surface area contributed by atoms with E-state index in [4.69, 9.17) is 14.3 Å². The van der Waals surface area contributed by atoms with Crippen molar-refractivity contribution in [2.24, 2.45) is 0 Å². The molecule has 1 aromatic rings. The van der Waals surface area contributed by atoms with Crippen LogP contribution in [0.5, 0.6) is 0 Å². The highest BCUT2D eigenvalue weighted by molar-refractivity contribution is 6.01. The predicted molar refractivity (Wildman–Crippen MR) is 103 cm³/mol. The Kier molecular flexibility index (Phi) is 5.91. The van der Waals surface area contributed by atoms with Gasteiger partial charge in [0.2, 0.25) is 0 Å². The van der Waals surface area contributed by atoms with Crippen molar-refractivity contribution in [3.05, 3.63) is 29.3 Å². The summed E-state index contributed by atoms with van der Waals surface area (Å²) in [7, 11) is 0. The number of fused-ring (bicyclic) bond motifs is 1. The summed E-state index contributed by atoms with van der Waals surface area (Å²) in [4.78, 5) is 42.3. The number of hydrogen-bond acceptors (Lipinski definition) is 6. The number of rotatable bonds is 2. The van der Waals surface area contributed by atoms with Gasteiger partial charge in [0.15, 0.2) is 0 Å². The van der Waals surface area contributed by atoms with Gasteiger partial charge in [0.05, 0.1) is 5.69 Å². The molecule has 28 heavy (non-hydrogen) atoms. The second kappa shape index (κ2) is 7.69. The summed E-state index contributed by atoms with van der Waals surface area (Å²) in [5.41, 5.74) is 0.678. The maximum atomic E-state index is 12.9. The molecular weight excluding hydrogens is 364 g/mol. The van der Waals surface area contributed by atoms with Gasteiger partial charge in [-0.1, -0.05) is 17.7 Å². The summed E-state index contributed by atoms with van der Waals surface area (Å²) in [5.74, 6) is -0.590. The van der Waals surface area contributed by atoms with Crippen molar-refractivity contribution in [1.82, 2.24) is 5.32 Å². The van der Waals surface area contributed by atoms with Gasteiger partial charge in [-0.25, -0.2) is 9.59 Å². The van der Waals surface area contributed by atoms with Crippen molar-refractivity contribution < 1.29 is 28.7 Å². The van der Waals surface area contributed by atoms with E-state index < -0.39 is 35.4 Å². The van der Waals surface area contributed by atoms with Gasteiger partial charge in [-0.3, -0.25) is 9.63 Å². The molecule has 1 aromatic carbocycles. The molecule has 0 saturated heterocycles. The summed E-state index contributed by atoms with van der Waals surface area (Å²) in [6, 6.07) is 4.43. The van der Waals surface area contributed by atoms with Gasteiger partial charge in [-0.2, -0.15) is 0 Å². The zero-order chi connectivity index (χ0) is 21.3. The molecule has 1 heterocycles. The van der Waals surface area contributed by atoms with Crippen LogP contribution in [0, 0.1) is 6.92 Å². The van der Waals surface area contributed by atoms with Gasteiger partial charge in [0, 0.05) is 6.42 Å². The van der Waals surface area contributed by atoms with Crippen LogP contribution >= 0.6 is 0 Å². The van der Waals surface area contributed by atoms with Gasteiger partial charge in [-0.15, -0.1) is 5.06 Å². The number of nitrogens with zero attached hydrogens (tertiary/aromatic N) is 1. The molecule has 8 heteroatoms. The summed E-state index contributed by atoms with van der Waals surface area (Å²) in [6.45, 7) is 12.2. The Balaban J connectivity index is 2.26. The Hall–Kier alpha value is -2.77. The molecule has 8 nitrogen and oxygen atoms in total. The number of anilines is 1. The van der Waals surface area contributed by atoms with Crippen molar-refractivity contribution in [2.45, 2.75) is 72.1 Å². The molecule has 0 saturated carbocycles. The number of hydroxylamine groups is 1. The fourth-order valence-electron chi connectivity index (χ4n) is 2.64. The van der Waals surface area contributed by atoms with Crippen LogP contribution in [0.4, 0.5) is 15.3 Å². The largest absolute Gasteiger partial charge is 0.534 e. The van der Waals surface area contributed by atoms with Crippen molar-refractivity contribution in [3.8, 4) is 0 Å². The van der Waals surface area contributed by atoms with E-state index in [2.05, 4.69) is 5.32 Å². The lowest BCUT2D eigenvalue weighted by atomic mass is 9.97.